The third-order valence-corrected chi connectivity index (χ3v) is 14.8. The highest BCUT2D eigenvalue weighted by Gasteiger charge is 2.63. The van der Waals surface area contributed by atoms with Crippen LogP contribution >= 0.6 is 0 Å². The molecule has 3 aliphatic heterocycles. The van der Waals surface area contributed by atoms with Crippen LogP contribution in [0.3, 0.4) is 0 Å². The summed E-state index contributed by atoms with van der Waals surface area (Å²) in [5.74, 6) is 0. The Morgan fingerprint density at radius 1 is 0.614 bits per heavy atom. The third kappa shape index (κ3) is 4.62. The van der Waals surface area contributed by atoms with Gasteiger partial charge in [-0.1, -0.05) is 128 Å². The Balaban J connectivity index is 1.31. The molecule has 4 aliphatic rings. The van der Waals surface area contributed by atoms with Gasteiger partial charge in [0.2, 0.25) is 0 Å². The zero-order valence-electron chi connectivity index (χ0n) is 35.1. The maximum Gasteiger partial charge on any atom is 0.332 e. The Labute approximate surface area is 338 Å². The van der Waals surface area contributed by atoms with E-state index in [-0.39, 0.29) is 28.6 Å². The van der Waals surface area contributed by atoms with E-state index in [1.807, 2.05) is 0 Å². The number of hydrogen-bond donors (Lipinski definition) is 0. The van der Waals surface area contributed by atoms with Crippen LogP contribution in [-0.2, 0) is 16.2 Å². The van der Waals surface area contributed by atoms with Crippen LogP contribution in [0.5, 0.6) is 0 Å². The first-order valence-corrected chi connectivity index (χ1v) is 21.3. The van der Waals surface area contributed by atoms with Gasteiger partial charge in [0, 0.05) is 55.4 Å². The number of rotatable bonds is 2. The molecule has 0 spiro atoms. The molecule has 0 amide bonds. The molecule has 7 aromatic rings. The van der Waals surface area contributed by atoms with Gasteiger partial charge in [0.1, 0.15) is 11.2 Å². The number of anilines is 4. The van der Waals surface area contributed by atoms with Crippen LogP contribution in [0.4, 0.5) is 22.7 Å². The molecule has 3 nitrogen and oxygen atoms in total. The van der Waals surface area contributed by atoms with Crippen LogP contribution in [0.1, 0.15) is 103 Å². The second-order valence-electron chi connectivity index (χ2n) is 20.2. The molecule has 0 N–H and O–H groups in total. The van der Waals surface area contributed by atoms with Crippen molar-refractivity contribution in [2.45, 2.75) is 110 Å². The summed E-state index contributed by atoms with van der Waals surface area (Å²) in [6.07, 6.45) is 4.87. The number of para-hydroxylation sites is 1. The summed E-state index contributed by atoms with van der Waals surface area (Å²) < 4.78 is 7.15. The van der Waals surface area contributed by atoms with Gasteiger partial charge < -0.3 is 14.1 Å². The van der Waals surface area contributed by atoms with Crippen LogP contribution in [0, 0.1) is 6.92 Å². The minimum atomic E-state index is -0.0828. The van der Waals surface area contributed by atoms with Crippen molar-refractivity contribution in [3.05, 3.63) is 131 Å². The van der Waals surface area contributed by atoms with Crippen molar-refractivity contribution in [2.75, 3.05) is 9.71 Å². The van der Waals surface area contributed by atoms with Gasteiger partial charge in [0.15, 0.2) is 0 Å². The summed E-state index contributed by atoms with van der Waals surface area (Å²) in [5, 5.41) is 2.37. The van der Waals surface area contributed by atoms with Crippen LogP contribution < -0.4 is 20.6 Å². The number of nitrogens with zero attached hydrogens (tertiary/aromatic N) is 2. The molecular weight excluding hydrogens is 691 g/mol. The Morgan fingerprint density at radius 3 is 2.09 bits per heavy atom. The van der Waals surface area contributed by atoms with E-state index in [1.165, 1.54) is 103 Å². The number of benzene rings is 6. The lowest BCUT2D eigenvalue weighted by atomic mass is 9.42. The Hall–Kier alpha value is -5.22. The molecule has 4 heterocycles. The SMILES string of the molecule is Cc1cc2c3c(c1)N(c1ccc(C(C)(C)C)cc1-c1ccccc1)c1ccc4c(oc5ccccc54)c1B3N1c3c-2cc(C(C)(C)C)cc3C2(C)CCCCC12C. The van der Waals surface area contributed by atoms with E-state index in [0.29, 0.717) is 0 Å². The van der Waals surface area contributed by atoms with E-state index >= 15 is 0 Å². The molecule has 1 fully saturated rings. The van der Waals surface area contributed by atoms with Crippen molar-refractivity contribution in [1.29, 1.82) is 0 Å². The maximum atomic E-state index is 7.15. The monoisotopic (exact) mass is 744 g/mol. The highest BCUT2D eigenvalue weighted by atomic mass is 16.3. The lowest BCUT2D eigenvalue weighted by Gasteiger charge is -2.55. The highest BCUT2D eigenvalue weighted by molar-refractivity contribution is 6.94. The summed E-state index contributed by atoms with van der Waals surface area (Å²) in [4.78, 5) is 5.55. The molecule has 2 atom stereocenters. The van der Waals surface area contributed by atoms with Gasteiger partial charge >= 0.3 is 6.85 Å². The van der Waals surface area contributed by atoms with E-state index < -0.39 is 0 Å². The Morgan fingerprint density at radius 2 is 1.32 bits per heavy atom. The number of aryl methyl sites for hydroxylation is 1. The molecule has 1 aliphatic carbocycles. The largest absolute Gasteiger partial charge is 0.456 e. The number of furan rings is 1. The Kier molecular flexibility index (Phi) is 7.04. The molecule has 0 saturated heterocycles. The minimum absolute atomic E-state index is 0.0000752. The van der Waals surface area contributed by atoms with Crippen molar-refractivity contribution in [1.82, 2.24) is 0 Å². The number of fused-ring (bicyclic) bond motifs is 11. The highest BCUT2D eigenvalue weighted by Crippen LogP contribution is 2.64. The normalized spacial score (nSPS) is 20.8. The molecule has 57 heavy (non-hydrogen) atoms. The second-order valence-corrected chi connectivity index (χ2v) is 20.2. The average Bonchev–Trinajstić information content (AvgIpc) is 3.66. The van der Waals surface area contributed by atoms with Crippen LogP contribution in [0.2, 0.25) is 0 Å². The first-order valence-electron chi connectivity index (χ1n) is 21.3. The van der Waals surface area contributed by atoms with Gasteiger partial charge in [0.05, 0.1) is 5.69 Å². The lowest BCUT2D eigenvalue weighted by Crippen LogP contribution is -2.70. The number of hydrogen-bond acceptors (Lipinski definition) is 3. The predicted octanol–water partition coefficient (Wildman–Crippen LogP) is 13.1. The minimum Gasteiger partial charge on any atom is -0.456 e. The fourth-order valence-corrected chi connectivity index (χ4v) is 11.5. The summed E-state index contributed by atoms with van der Waals surface area (Å²) in [6.45, 7) is 21.6. The fraction of sp³-hybridized carbons (Fsp3) is 0.321. The van der Waals surface area contributed by atoms with Gasteiger partial charge in [-0.2, -0.15) is 0 Å². The van der Waals surface area contributed by atoms with E-state index in [0.717, 1.165) is 17.6 Å². The summed E-state index contributed by atoms with van der Waals surface area (Å²) >= 11 is 0. The van der Waals surface area contributed by atoms with Crippen LogP contribution in [0.25, 0.3) is 44.2 Å². The van der Waals surface area contributed by atoms with Crippen molar-refractivity contribution in [2.24, 2.45) is 0 Å². The smallest absolute Gasteiger partial charge is 0.332 e. The zero-order chi connectivity index (χ0) is 39.4. The first-order chi connectivity index (χ1) is 27.2. The lowest BCUT2D eigenvalue weighted by molar-refractivity contribution is 0.199. The van der Waals surface area contributed by atoms with E-state index in [1.54, 1.807) is 5.56 Å². The molecule has 4 heteroatoms. The van der Waals surface area contributed by atoms with Crippen molar-refractivity contribution in [3.8, 4) is 22.3 Å². The summed E-state index contributed by atoms with van der Waals surface area (Å²) in [5.41, 5.74) is 20.6. The van der Waals surface area contributed by atoms with Crippen molar-refractivity contribution >= 4 is 62.5 Å². The van der Waals surface area contributed by atoms with Crippen LogP contribution in [0.15, 0.2) is 114 Å². The average molecular weight is 745 g/mol. The fourth-order valence-electron chi connectivity index (χ4n) is 11.5. The van der Waals surface area contributed by atoms with Crippen LogP contribution in [-0.4, -0.2) is 12.4 Å². The molecule has 1 saturated carbocycles. The first kappa shape index (κ1) is 35.0. The molecule has 284 valence electrons. The molecular formula is C53H53BN2O. The quantitative estimate of drug-likeness (QED) is 0.164. The second kappa shape index (κ2) is 11.5. The van der Waals surface area contributed by atoms with Crippen molar-refractivity contribution in [3.63, 3.8) is 0 Å². The van der Waals surface area contributed by atoms with Gasteiger partial charge in [0.25, 0.3) is 0 Å². The molecule has 0 bridgehead atoms. The summed E-state index contributed by atoms with van der Waals surface area (Å²) in [6, 6.07) is 41.7. The topological polar surface area (TPSA) is 19.6 Å². The zero-order valence-corrected chi connectivity index (χ0v) is 35.1. The molecule has 6 aromatic carbocycles. The molecule has 0 radical (unpaired) electrons. The maximum absolute atomic E-state index is 7.15. The molecule has 1 aromatic heterocycles. The van der Waals surface area contributed by atoms with Gasteiger partial charge in [-0.3, -0.25) is 0 Å². The van der Waals surface area contributed by atoms with Gasteiger partial charge in [-0.25, -0.2) is 0 Å². The third-order valence-electron chi connectivity index (χ3n) is 14.8. The van der Waals surface area contributed by atoms with Gasteiger partial charge in [-0.15, -0.1) is 0 Å². The predicted molar refractivity (Wildman–Crippen MR) is 243 cm³/mol. The molecule has 2 unspecified atom stereocenters. The van der Waals surface area contributed by atoms with Gasteiger partial charge in [-0.05, 0) is 119 Å². The Bertz CT molecular complexity index is 2840. The van der Waals surface area contributed by atoms with E-state index in [9.17, 15) is 0 Å². The van der Waals surface area contributed by atoms with E-state index in [4.69, 9.17) is 4.42 Å². The molecule has 11 rings (SSSR count). The standard InChI is InChI=1S/C53H53BN2O/c1-32-27-39-40-30-35(51(5,6)7)31-41-48(40)56(53(9)26-16-15-25-52(41,53)8)54-46(39)44(28-32)55(43-24-22-37-36-19-13-14-20-45(36)57-49(37)47(43)54)42-23-21-34(50(2,3)4)29-38(42)33-17-11-10-12-18-33/h10-14,17-24,27-31H,15-16,25-26H2,1-9H3. The summed E-state index contributed by atoms with van der Waals surface area (Å²) in [7, 11) is 0. The van der Waals surface area contributed by atoms with Crippen molar-refractivity contribution < 1.29 is 4.42 Å². The van der Waals surface area contributed by atoms with E-state index in [2.05, 4.69) is 181 Å².